The van der Waals surface area contributed by atoms with Crippen molar-refractivity contribution in [3.63, 3.8) is 0 Å². The van der Waals surface area contributed by atoms with Gasteiger partial charge in [0.25, 0.3) is 0 Å². The fourth-order valence-corrected chi connectivity index (χ4v) is 4.73. The predicted octanol–water partition coefficient (Wildman–Crippen LogP) is 4.11. The van der Waals surface area contributed by atoms with Gasteiger partial charge in [-0.3, -0.25) is 19.5 Å². The Balaban J connectivity index is 1.47. The molecule has 3 heterocycles. The lowest BCUT2D eigenvalue weighted by molar-refractivity contribution is -0.128. The summed E-state index contributed by atoms with van der Waals surface area (Å²) < 4.78 is 13.6. The second-order valence-corrected chi connectivity index (χ2v) is 8.07. The highest BCUT2D eigenvalue weighted by atomic mass is 19.1. The minimum absolute atomic E-state index is 0.0245. The van der Waals surface area contributed by atoms with E-state index in [2.05, 4.69) is 9.97 Å². The zero-order chi connectivity index (χ0) is 19.7. The molecule has 5 nitrogen and oxygen atoms in total. The molecule has 1 spiro atoms. The topological polar surface area (TPSA) is 63.2 Å². The van der Waals surface area contributed by atoms with Crippen molar-refractivity contribution in [2.24, 2.45) is 11.3 Å². The first-order valence-corrected chi connectivity index (χ1v) is 9.87. The number of Topliss-reactive ketones (excluding diaryl/α,β-unsaturated/α-hetero) is 1. The molecule has 0 aromatic carbocycles. The van der Waals surface area contributed by atoms with Gasteiger partial charge in [-0.05, 0) is 56.7 Å². The fourth-order valence-electron chi connectivity index (χ4n) is 4.73. The van der Waals surface area contributed by atoms with Crippen LogP contribution in [0.3, 0.4) is 0 Å². The highest BCUT2D eigenvalue weighted by molar-refractivity contribution is 5.99. The molecule has 4 rings (SSSR count). The Morgan fingerprint density at radius 1 is 1.32 bits per heavy atom. The number of pyridine rings is 2. The molecule has 1 saturated carbocycles. The Bertz CT molecular complexity index is 916. The van der Waals surface area contributed by atoms with E-state index in [1.54, 1.807) is 11.0 Å². The number of nitrogens with zero attached hydrogens (tertiary/aromatic N) is 3. The molecule has 28 heavy (non-hydrogen) atoms. The summed E-state index contributed by atoms with van der Waals surface area (Å²) in [4.78, 5) is 36.0. The molecule has 0 radical (unpaired) electrons. The van der Waals surface area contributed by atoms with Crippen LogP contribution in [0.25, 0.3) is 0 Å². The second kappa shape index (κ2) is 7.41. The molecule has 0 bridgehead atoms. The SMILES string of the molecule is Cc1cccc(C(=O)C[C@H]2CCC[C@]3(CCN(c4cc(F)ccn4)C3=O)C2)n1. The summed E-state index contributed by atoms with van der Waals surface area (Å²) in [5.74, 6) is 0.227. The van der Waals surface area contributed by atoms with Crippen LogP contribution < -0.4 is 4.90 Å². The van der Waals surface area contributed by atoms with Crippen molar-refractivity contribution in [3.05, 3.63) is 53.7 Å². The maximum atomic E-state index is 13.6. The number of aromatic nitrogens is 2. The summed E-state index contributed by atoms with van der Waals surface area (Å²) in [5.41, 5.74) is 0.884. The Kier molecular flexibility index (Phi) is 4.96. The fraction of sp³-hybridized carbons (Fsp3) is 0.455. The number of hydrogen-bond acceptors (Lipinski definition) is 4. The van der Waals surface area contributed by atoms with E-state index in [-0.39, 0.29) is 17.6 Å². The molecule has 2 atom stereocenters. The molecule has 0 N–H and O–H groups in total. The summed E-state index contributed by atoms with van der Waals surface area (Å²) >= 11 is 0. The van der Waals surface area contributed by atoms with E-state index in [4.69, 9.17) is 0 Å². The van der Waals surface area contributed by atoms with Gasteiger partial charge in [-0.1, -0.05) is 12.5 Å². The van der Waals surface area contributed by atoms with Crippen molar-refractivity contribution >= 4 is 17.5 Å². The van der Waals surface area contributed by atoms with Crippen LogP contribution in [0, 0.1) is 24.1 Å². The van der Waals surface area contributed by atoms with Crippen LogP contribution in [0.5, 0.6) is 0 Å². The van der Waals surface area contributed by atoms with Crippen molar-refractivity contribution in [2.75, 3.05) is 11.4 Å². The van der Waals surface area contributed by atoms with Gasteiger partial charge in [0.05, 0.1) is 5.41 Å². The molecule has 2 aliphatic rings. The second-order valence-electron chi connectivity index (χ2n) is 8.07. The number of rotatable bonds is 4. The van der Waals surface area contributed by atoms with Gasteiger partial charge in [-0.25, -0.2) is 9.37 Å². The third-order valence-electron chi connectivity index (χ3n) is 6.09. The molecule has 2 aromatic heterocycles. The molecule has 2 aromatic rings. The van der Waals surface area contributed by atoms with Crippen LogP contribution in [-0.2, 0) is 4.79 Å². The molecule has 1 aliphatic heterocycles. The third-order valence-corrected chi connectivity index (χ3v) is 6.09. The maximum absolute atomic E-state index is 13.6. The van der Waals surface area contributed by atoms with E-state index >= 15 is 0 Å². The van der Waals surface area contributed by atoms with Crippen molar-refractivity contribution in [1.82, 2.24) is 9.97 Å². The monoisotopic (exact) mass is 381 g/mol. The predicted molar refractivity (Wildman–Crippen MR) is 103 cm³/mol. The zero-order valence-corrected chi connectivity index (χ0v) is 16.0. The average molecular weight is 381 g/mol. The Hall–Kier alpha value is -2.63. The highest BCUT2D eigenvalue weighted by Gasteiger charge is 2.49. The summed E-state index contributed by atoms with van der Waals surface area (Å²) in [6, 6.07) is 8.07. The van der Waals surface area contributed by atoms with E-state index in [0.29, 0.717) is 30.9 Å². The van der Waals surface area contributed by atoms with Crippen molar-refractivity contribution in [1.29, 1.82) is 0 Å². The Morgan fingerprint density at radius 3 is 2.96 bits per heavy atom. The quantitative estimate of drug-likeness (QED) is 0.748. The average Bonchev–Trinajstić information content (AvgIpc) is 2.97. The lowest BCUT2D eigenvalue weighted by Crippen LogP contribution is -2.39. The molecule has 1 saturated heterocycles. The summed E-state index contributed by atoms with van der Waals surface area (Å²) in [5, 5.41) is 0. The van der Waals surface area contributed by atoms with E-state index in [9.17, 15) is 14.0 Å². The first-order chi connectivity index (χ1) is 13.5. The molecule has 1 amide bonds. The third kappa shape index (κ3) is 3.55. The van der Waals surface area contributed by atoms with Crippen molar-refractivity contribution in [3.8, 4) is 0 Å². The molecule has 2 fully saturated rings. The van der Waals surface area contributed by atoms with Crippen molar-refractivity contribution < 1.29 is 14.0 Å². The molecule has 6 heteroatoms. The smallest absolute Gasteiger partial charge is 0.234 e. The van der Waals surface area contributed by atoms with Gasteiger partial charge in [-0.2, -0.15) is 0 Å². The largest absolute Gasteiger partial charge is 0.296 e. The van der Waals surface area contributed by atoms with Crippen LogP contribution in [0.1, 0.15) is 54.7 Å². The van der Waals surface area contributed by atoms with E-state index in [0.717, 1.165) is 31.4 Å². The standard InChI is InChI=1S/C22H24FN3O2/c1-15-4-2-6-18(25-15)19(27)12-16-5-3-8-22(14-16)9-11-26(21(22)28)20-13-17(23)7-10-24-20/h2,4,6-7,10,13,16H,3,5,8-9,11-12,14H2,1H3/t16-,22+/m1/s1. The molecule has 146 valence electrons. The summed E-state index contributed by atoms with van der Waals surface area (Å²) in [6.45, 7) is 2.42. The minimum Gasteiger partial charge on any atom is -0.296 e. The first-order valence-electron chi connectivity index (χ1n) is 9.87. The molecular weight excluding hydrogens is 357 g/mol. The lowest BCUT2D eigenvalue weighted by atomic mass is 9.67. The van der Waals surface area contributed by atoms with Crippen LogP contribution in [-0.4, -0.2) is 28.2 Å². The van der Waals surface area contributed by atoms with E-state index < -0.39 is 11.2 Å². The van der Waals surface area contributed by atoms with Crippen LogP contribution in [0.4, 0.5) is 10.2 Å². The minimum atomic E-state index is -0.447. The molecule has 1 aliphatic carbocycles. The molecule has 0 unspecified atom stereocenters. The van der Waals surface area contributed by atoms with Gasteiger partial charge in [0.2, 0.25) is 5.91 Å². The number of amides is 1. The van der Waals surface area contributed by atoms with E-state index in [1.165, 1.54) is 18.3 Å². The van der Waals surface area contributed by atoms with Gasteiger partial charge >= 0.3 is 0 Å². The Morgan fingerprint density at radius 2 is 2.18 bits per heavy atom. The summed E-state index contributed by atoms with van der Waals surface area (Å²) in [6.07, 6.45) is 5.95. The van der Waals surface area contributed by atoms with Gasteiger partial charge in [-0.15, -0.1) is 0 Å². The molecular formula is C22H24FN3O2. The van der Waals surface area contributed by atoms with Gasteiger partial charge < -0.3 is 0 Å². The zero-order valence-electron chi connectivity index (χ0n) is 16.0. The maximum Gasteiger partial charge on any atom is 0.234 e. The van der Waals surface area contributed by atoms with Crippen molar-refractivity contribution in [2.45, 2.75) is 45.4 Å². The number of anilines is 1. The Labute approximate surface area is 164 Å². The normalized spacial score (nSPS) is 24.7. The van der Waals surface area contributed by atoms with Gasteiger partial charge in [0, 0.05) is 30.9 Å². The van der Waals surface area contributed by atoms with Gasteiger partial charge in [0.15, 0.2) is 5.78 Å². The van der Waals surface area contributed by atoms with Crippen LogP contribution >= 0.6 is 0 Å². The van der Waals surface area contributed by atoms with Crippen LogP contribution in [0.2, 0.25) is 0 Å². The number of aryl methyl sites for hydroxylation is 1. The number of halogens is 1. The number of carbonyl (C=O) groups is 2. The van der Waals surface area contributed by atoms with Crippen LogP contribution in [0.15, 0.2) is 36.5 Å². The van der Waals surface area contributed by atoms with Gasteiger partial charge in [0.1, 0.15) is 17.3 Å². The number of ketones is 1. The lowest BCUT2D eigenvalue weighted by Gasteiger charge is -2.36. The number of carbonyl (C=O) groups excluding carboxylic acids is 2. The highest BCUT2D eigenvalue weighted by Crippen LogP contribution is 2.48. The number of hydrogen-bond donors (Lipinski definition) is 0. The summed E-state index contributed by atoms with van der Waals surface area (Å²) in [7, 11) is 0. The van der Waals surface area contributed by atoms with E-state index in [1.807, 2.05) is 19.1 Å². The first kappa shape index (κ1) is 18.7.